The maximum Gasteiger partial charge on any atom is 0 e. The van der Waals surface area contributed by atoms with Crippen LogP contribution < -0.4 is 15.3 Å². The number of rotatable bonds is 0. The van der Waals surface area contributed by atoms with Crippen molar-refractivity contribution < 1.29 is 33.9 Å². The van der Waals surface area contributed by atoms with Crippen molar-refractivity contribution in [3.05, 3.63) is 48.6 Å². The van der Waals surface area contributed by atoms with Crippen molar-refractivity contribution in [3.8, 4) is 0 Å². The SMILES string of the molecule is C[O-].C[O-].C[O-].[C-]1=CC=CC1.[C-]1=CC=CC1.[V]. The fourth-order valence-electron chi connectivity index (χ4n) is 0.680. The first-order chi connectivity index (χ1) is 8.00. The molecule has 0 N–H and O–H groups in total. The summed E-state index contributed by atoms with van der Waals surface area (Å²) < 4.78 is 0. The molecule has 1 radical (unpaired) electrons. The van der Waals surface area contributed by atoms with Crippen LogP contribution in [0.3, 0.4) is 0 Å². The van der Waals surface area contributed by atoms with Gasteiger partial charge in [0.15, 0.2) is 0 Å². The Hall–Kier alpha value is -0.576. The van der Waals surface area contributed by atoms with Crippen molar-refractivity contribution in [3.63, 3.8) is 0 Å². The fraction of sp³-hybridized carbons (Fsp3) is 0.385. The summed E-state index contributed by atoms with van der Waals surface area (Å²) in [5.74, 6) is 0. The predicted octanol–water partition coefficient (Wildman–Crippen LogP) is -0.462. The van der Waals surface area contributed by atoms with E-state index in [0.29, 0.717) is 0 Å². The monoisotopic (exact) mass is 274 g/mol. The summed E-state index contributed by atoms with van der Waals surface area (Å²) in [7, 11) is 2.25. The minimum atomic E-state index is 0. The van der Waals surface area contributed by atoms with Gasteiger partial charge in [-0.3, -0.25) is 12.2 Å². The van der Waals surface area contributed by atoms with Crippen molar-refractivity contribution in [1.29, 1.82) is 0 Å². The Kier molecular flexibility index (Phi) is 53.8. The van der Waals surface area contributed by atoms with E-state index in [1.165, 1.54) is 0 Å². The van der Waals surface area contributed by atoms with Crippen molar-refractivity contribution >= 4 is 0 Å². The van der Waals surface area contributed by atoms with Crippen LogP contribution in [0.1, 0.15) is 12.8 Å². The molecule has 0 aromatic carbocycles. The first kappa shape index (κ1) is 25.3. The van der Waals surface area contributed by atoms with Crippen LogP contribution in [0.15, 0.2) is 36.5 Å². The Morgan fingerprint density at radius 1 is 0.706 bits per heavy atom. The number of allylic oxidation sites excluding steroid dienone is 8. The van der Waals surface area contributed by atoms with E-state index in [1.54, 1.807) is 0 Å². The van der Waals surface area contributed by atoms with Gasteiger partial charge in [0.05, 0.1) is 0 Å². The molecule has 0 heterocycles. The zero-order valence-corrected chi connectivity index (χ0v) is 11.9. The molecule has 0 amide bonds. The van der Waals surface area contributed by atoms with Crippen molar-refractivity contribution in [1.82, 2.24) is 0 Å². The minimum absolute atomic E-state index is 0. The van der Waals surface area contributed by atoms with Crippen molar-refractivity contribution in [2.24, 2.45) is 0 Å². The van der Waals surface area contributed by atoms with E-state index in [-0.39, 0.29) is 18.6 Å². The molecule has 0 aliphatic heterocycles. The Morgan fingerprint density at radius 3 is 1.06 bits per heavy atom. The fourth-order valence-corrected chi connectivity index (χ4v) is 0.680. The molecular weight excluding hydrogens is 255 g/mol. The molecule has 4 heteroatoms. The van der Waals surface area contributed by atoms with Gasteiger partial charge in [0.2, 0.25) is 0 Å². The summed E-state index contributed by atoms with van der Waals surface area (Å²) in [5.41, 5.74) is 0. The summed E-state index contributed by atoms with van der Waals surface area (Å²) in [6.07, 6.45) is 20.0. The molecule has 0 aromatic rings. The van der Waals surface area contributed by atoms with Gasteiger partial charge in [-0.05, 0) is 0 Å². The van der Waals surface area contributed by atoms with Gasteiger partial charge in [0.25, 0.3) is 0 Å². The molecule has 0 bridgehead atoms. The van der Waals surface area contributed by atoms with E-state index >= 15 is 0 Å². The molecule has 0 fully saturated rings. The Morgan fingerprint density at radius 2 is 1.00 bits per heavy atom. The molecule has 3 nitrogen and oxygen atoms in total. The van der Waals surface area contributed by atoms with Gasteiger partial charge < -0.3 is 15.3 Å². The number of hydrogen-bond donors (Lipinski definition) is 0. The minimum Gasteiger partial charge on any atom is -0.857 e. The average Bonchev–Trinajstić information content (AvgIpc) is 3.14. The van der Waals surface area contributed by atoms with E-state index in [2.05, 4.69) is 24.3 Å². The molecule has 0 spiro atoms. The molecule has 0 atom stereocenters. The van der Waals surface area contributed by atoms with Gasteiger partial charge in [-0.25, -0.2) is 24.3 Å². The van der Waals surface area contributed by atoms with Gasteiger partial charge in [-0.2, -0.15) is 33.5 Å². The Bertz CT molecular complexity index is 155. The van der Waals surface area contributed by atoms with E-state index < -0.39 is 0 Å². The van der Waals surface area contributed by atoms with Crippen LogP contribution in [0, 0.1) is 12.2 Å². The molecule has 0 saturated carbocycles. The molecule has 17 heavy (non-hydrogen) atoms. The first-order valence-corrected chi connectivity index (χ1v) is 4.66. The molecule has 2 rings (SSSR count). The van der Waals surface area contributed by atoms with E-state index in [1.807, 2.05) is 24.3 Å². The van der Waals surface area contributed by atoms with E-state index in [9.17, 15) is 0 Å². The molecule has 0 saturated heterocycles. The van der Waals surface area contributed by atoms with Gasteiger partial charge >= 0.3 is 0 Å². The smallest absolute Gasteiger partial charge is 0 e. The van der Waals surface area contributed by atoms with Crippen LogP contribution in [0.4, 0.5) is 0 Å². The number of hydrogen-bond acceptors (Lipinski definition) is 3. The zero-order chi connectivity index (χ0) is 13.1. The molecule has 99 valence electrons. The maximum absolute atomic E-state index is 8.25. The van der Waals surface area contributed by atoms with E-state index in [4.69, 9.17) is 15.3 Å². The van der Waals surface area contributed by atoms with Crippen LogP contribution in [0.5, 0.6) is 0 Å². The third-order valence-electron chi connectivity index (χ3n) is 1.17. The molecule has 2 aliphatic rings. The first-order valence-electron chi connectivity index (χ1n) is 4.66. The second-order valence-electron chi connectivity index (χ2n) is 2.01. The standard InChI is InChI=1S/2C5H5.3CH3O.V/c2*1-2-4-5-3-1;3*1-2;/h2*1-3H,4H2;3*1H3;/q5*-1;. The van der Waals surface area contributed by atoms with Crippen LogP contribution in [0.25, 0.3) is 0 Å². The van der Waals surface area contributed by atoms with Crippen LogP contribution in [-0.4, -0.2) is 21.3 Å². The van der Waals surface area contributed by atoms with Gasteiger partial charge in [0.1, 0.15) is 0 Å². The maximum atomic E-state index is 8.25. The summed E-state index contributed by atoms with van der Waals surface area (Å²) in [6.45, 7) is 0. The van der Waals surface area contributed by atoms with Crippen LogP contribution in [0.2, 0.25) is 0 Å². The summed E-state index contributed by atoms with van der Waals surface area (Å²) in [5, 5.41) is 24.8. The molecule has 2 aliphatic carbocycles. The van der Waals surface area contributed by atoms with Crippen LogP contribution >= 0.6 is 0 Å². The quantitative estimate of drug-likeness (QED) is 0.561. The molecule has 0 unspecified atom stereocenters. The predicted molar refractivity (Wildman–Crippen MR) is 60.9 cm³/mol. The summed E-state index contributed by atoms with van der Waals surface area (Å²) in [4.78, 5) is 0. The van der Waals surface area contributed by atoms with Gasteiger partial charge in [-0.1, -0.05) is 0 Å². The van der Waals surface area contributed by atoms with Crippen LogP contribution in [-0.2, 0) is 18.6 Å². The summed E-state index contributed by atoms with van der Waals surface area (Å²) >= 11 is 0. The second-order valence-corrected chi connectivity index (χ2v) is 2.01. The molecule has 0 aromatic heterocycles. The van der Waals surface area contributed by atoms with Gasteiger partial charge in [-0.15, -0.1) is 12.8 Å². The molecular formula is C13H19O3V-5. The van der Waals surface area contributed by atoms with Gasteiger partial charge in [0, 0.05) is 18.6 Å². The normalized spacial score (nSPS) is 11.4. The third kappa shape index (κ3) is 31.3. The summed E-state index contributed by atoms with van der Waals surface area (Å²) in [6, 6.07) is 0. The Balaban J connectivity index is -0.0000000672. The largest absolute Gasteiger partial charge is 0.857 e. The zero-order valence-electron chi connectivity index (χ0n) is 10.6. The third-order valence-corrected chi connectivity index (χ3v) is 1.17. The topological polar surface area (TPSA) is 69.2 Å². The van der Waals surface area contributed by atoms with E-state index in [0.717, 1.165) is 34.2 Å². The van der Waals surface area contributed by atoms with Crippen molar-refractivity contribution in [2.45, 2.75) is 12.8 Å². The van der Waals surface area contributed by atoms with Crippen molar-refractivity contribution in [2.75, 3.05) is 21.3 Å². The second kappa shape index (κ2) is 36.1. The Labute approximate surface area is 117 Å². The average molecular weight is 274 g/mol.